The van der Waals surface area contributed by atoms with Crippen LogP contribution in [-0.4, -0.2) is 3.23 Å². The molecule has 0 aromatic heterocycles. The van der Waals surface area contributed by atoms with Crippen molar-refractivity contribution in [3.05, 3.63) is 24.3 Å². The van der Waals surface area contributed by atoms with Gasteiger partial charge in [-0.3, -0.25) is 0 Å². The molecule has 0 heterocycles. The van der Waals surface area contributed by atoms with Crippen molar-refractivity contribution in [3.8, 4) is 0 Å². The van der Waals surface area contributed by atoms with Crippen molar-refractivity contribution in [3.63, 3.8) is 0 Å². The van der Waals surface area contributed by atoms with Gasteiger partial charge in [-0.15, -0.1) is 0 Å². The minimum Gasteiger partial charge on any atom is -0.0800 e. The summed E-state index contributed by atoms with van der Waals surface area (Å²) in [6, 6.07) is 0. The van der Waals surface area contributed by atoms with Crippen LogP contribution in [0.2, 0.25) is 0 Å². The largest absolute Gasteiger partial charge is 0.0846 e. The molecule has 0 aromatic rings. The molecule has 2 aliphatic carbocycles. The summed E-state index contributed by atoms with van der Waals surface area (Å²) in [5, 5.41) is 0. The molecule has 108 valence electrons. The van der Waals surface area contributed by atoms with Crippen molar-refractivity contribution in [1.29, 1.82) is 0 Å². The van der Waals surface area contributed by atoms with Gasteiger partial charge in [-0.2, -0.15) is 0 Å². The Labute approximate surface area is 135 Å². The summed E-state index contributed by atoms with van der Waals surface area (Å²) in [7, 11) is 0. The highest BCUT2D eigenvalue weighted by atomic mass is 79.9. The van der Waals surface area contributed by atoms with Crippen molar-refractivity contribution in [2.75, 3.05) is 0 Å². The number of hydrogen-bond acceptors (Lipinski definition) is 0. The molecule has 3 atom stereocenters. The summed E-state index contributed by atoms with van der Waals surface area (Å²) in [6.07, 6.45) is 10.6. The summed E-state index contributed by atoms with van der Waals surface area (Å²) in [6.45, 7) is 14.3. The topological polar surface area (TPSA) is 0 Å². The smallest absolute Gasteiger partial charge is 0.0800 e. The highest BCUT2D eigenvalue weighted by Crippen LogP contribution is 2.72. The van der Waals surface area contributed by atoms with E-state index in [1.54, 1.807) is 0 Å². The van der Waals surface area contributed by atoms with E-state index in [4.69, 9.17) is 0 Å². The van der Waals surface area contributed by atoms with Gasteiger partial charge in [0.1, 0.15) is 0 Å². The maximum Gasteiger partial charge on any atom is 0.0846 e. The number of alkyl halides is 2. The number of allylic oxidation sites excluding steroid dienone is 4. The molecule has 2 rings (SSSR count). The van der Waals surface area contributed by atoms with Crippen molar-refractivity contribution in [2.45, 2.75) is 51.2 Å². The molecular weight excluding hydrogens is 364 g/mol. The fraction of sp³-hybridized carbons (Fsp3) is 0.765. The Bertz CT molecular complexity index is 418. The zero-order chi connectivity index (χ0) is 14.7. The van der Waals surface area contributed by atoms with Crippen LogP contribution in [-0.2, 0) is 0 Å². The van der Waals surface area contributed by atoms with E-state index < -0.39 is 0 Å². The van der Waals surface area contributed by atoms with Crippen LogP contribution in [0.4, 0.5) is 0 Å². The lowest BCUT2D eigenvalue weighted by Crippen LogP contribution is -2.48. The molecule has 0 amide bonds. The molecule has 0 aromatic carbocycles. The second-order valence-corrected chi connectivity index (χ2v) is 12.2. The molecule has 1 fully saturated rings. The normalized spacial score (nSPS) is 37.5. The third kappa shape index (κ3) is 2.52. The fourth-order valence-corrected chi connectivity index (χ4v) is 5.37. The molecule has 2 heteroatoms. The zero-order valence-electron chi connectivity index (χ0n) is 12.9. The van der Waals surface area contributed by atoms with Crippen LogP contribution in [0.5, 0.6) is 0 Å². The number of rotatable bonds is 1. The summed E-state index contributed by atoms with van der Waals surface area (Å²) in [4.78, 5) is 0. The first-order chi connectivity index (χ1) is 8.43. The minimum absolute atomic E-state index is 0.131. The van der Waals surface area contributed by atoms with E-state index in [1.807, 2.05) is 0 Å². The molecule has 1 saturated carbocycles. The van der Waals surface area contributed by atoms with Gasteiger partial charge in [0.25, 0.3) is 0 Å². The molecule has 0 aliphatic heterocycles. The predicted octanol–water partition coefficient (Wildman–Crippen LogP) is 6.31. The second-order valence-electron chi connectivity index (χ2n) is 8.29. The van der Waals surface area contributed by atoms with Gasteiger partial charge in [0.05, 0.1) is 3.23 Å². The second kappa shape index (κ2) is 4.47. The third-order valence-electron chi connectivity index (χ3n) is 4.94. The van der Waals surface area contributed by atoms with Crippen LogP contribution in [0.25, 0.3) is 0 Å². The summed E-state index contributed by atoms with van der Waals surface area (Å²) in [5.74, 6) is 1.21. The highest BCUT2D eigenvalue weighted by molar-refractivity contribution is 9.25. The lowest BCUT2D eigenvalue weighted by Gasteiger charge is -2.54. The highest BCUT2D eigenvalue weighted by Gasteiger charge is 2.67. The predicted molar refractivity (Wildman–Crippen MR) is 91.8 cm³/mol. The molecule has 2 aliphatic rings. The van der Waals surface area contributed by atoms with Crippen molar-refractivity contribution < 1.29 is 0 Å². The van der Waals surface area contributed by atoms with Gasteiger partial charge in [0, 0.05) is 5.41 Å². The molecule has 3 unspecified atom stereocenters. The van der Waals surface area contributed by atoms with E-state index in [2.05, 4.69) is 97.7 Å². The molecule has 0 spiro atoms. The Morgan fingerprint density at radius 1 is 1.00 bits per heavy atom. The van der Waals surface area contributed by atoms with Gasteiger partial charge in [-0.1, -0.05) is 97.7 Å². The summed E-state index contributed by atoms with van der Waals surface area (Å²) < 4.78 is 0.131. The molecule has 0 N–H and O–H groups in total. The van der Waals surface area contributed by atoms with Crippen molar-refractivity contribution >= 4 is 31.9 Å². The average molecular weight is 390 g/mol. The molecular formula is C17H26Br2. The quantitative estimate of drug-likeness (QED) is 0.460. The van der Waals surface area contributed by atoms with Crippen LogP contribution in [0.15, 0.2) is 24.3 Å². The molecule has 0 bridgehead atoms. The monoisotopic (exact) mass is 388 g/mol. The average Bonchev–Trinajstić information content (AvgIpc) is 2.85. The van der Waals surface area contributed by atoms with E-state index in [-0.39, 0.29) is 19.5 Å². The Balaban J connectivity index is 2.54. The summed E-state index contributed by atoms with van der Waals surface area (Å²) in [5.41, 5.74) is 0.709. The Kier molecular flexibility index (Phi) is 3.72. The minimum atomic E-state index is 0.131. The molecule has 0 radical (unpaired) electrons. The lowest BCUT2D eigenvalue weighted by molar-refractivity contribution is 0.00909. The number of halogens is 2. The lowest BCUT2D eigenvalue weighted by atomic mass is 9.50. The summed E-state index contributed by atoms with van der Waals surface area (Å²) >= 11 is 7.74. The van der Waals surface area contributed by atoms with E-state index in [1.165, 1.54) is 6.42 Å². The molecule has 0 nitrogen and oxygen atoms in total. The van der Waals surface area contributed by atoms with Crippen LogP contribution in [0.3, 0.4) is 0 Å². The van der Waals surface area contributed by atoms with E-state index in [0.717, 1.165) is 0 Å². The van der Waals surface area contributed by atoms with Gasteiger partial charge >= 0.3 is 0 Å². The van der Waals surface area contributed by atoms with Crippen LogP contribution >= 0.6 is 31.9 Å². The van der Waals surface area contributed by atoms with E-state index >= 15 is 0 Å². The van der Waals surface area contributed by atoms with Gasteiger partial charge in [0.2, 0.25) is 0 Å². The number of hydrogen-bond donors (Lipinski definition) is 0. The van der Waals surface area contributed by atoms with Crippen LogP contribution in [0, 0.1) is 28.1 Å². The van der Waals surface area contributed by atoms with Gasteiger partial charge in [-0.25, -0.2) is 0 Å². The van der Waals surface area contributed by atoms with Crippen LogP contribution in [0.1, 0.15) is 48.0 Å². The molecule has 0 saturated heterocycles. The maximum atomic E-state index is 3.87. The maximum absolute atomic E-state index is 3.87. The standard InChI is InChI=1S/C17H26Br2/c1-14(2,3)12-9-7-8-10-16(12,15(4,5)6)13-11-17(13,18)19/h7-10,12-13H,11H2,1-6H3. The Morgan fingerprint density at radius 2 is 1.53 bits per heavy atom. The van der Waals surface area contributed by atoms with Crippen LogP contribution < -0.4 is 0 Å². The van der Waals surface area contributed by atoms with Gasteiger partial charge in [-0.05, 0) is 29.1 Å². The molecule has 19 heavy (non-hydrogen) atoms. The van der Waals surface area contributed by atoms with Gasteiger partial charge < -0.3 is 0 Å². The van der Waals surface area contributed by atoms with Crippen molar-refractivity contribution in [2.24, 2.45) is 28.1 Å². The van der Waals surface area contributed by atoms with E-state index in [0.29, 0.717) is 11.8 Å². The SMILES string of the molecule is CC(C)(C)C1C=CC=CC1(C1CC1(Br)Br)C(C)(C)C. The Hall–Kier alpha value is 0.440. The third-order valence-corrected chi connectivity index (χ3v) is 6.69. The zero-order valence-corrected chi connectivity index (χ0v) is 16.1. The van der Waals surface area contributed by atoms with Crippen molar-refractivity contribution in [1.82, 2.24) is 0 Å². The first kappa shape index (κ1) is 15.8. The first-order valence-electron chi connectivity index (χ1n) is 7.17. The fourth-order valence-electron chi connectivity index (χ4n) is 3.96. The van der Waals surface area contributed by atoms with E-state index in [9.17, 15) is 0 Å². The van der Waals surface area contributed by atoms with Gasteiger partial charge in [0.15, 0.2) is 0 Å². The first-order valence-corrected chi connectivity index (χ1v) is 8.75. The Morgan fingerprint density at radius 3 is 1.89 bits per heavy atom.